The molecule has 0 radical (unpaired) electrons. The minimum atomic E-state index is 0.217. The van der Waals surface area contributed by atoms with Crippen LogP contribution in [0.3, 0.4) is 0 Å². The molecule has 110 valence electrons. The third kappa shape index (κ3) is 3.15. The van der Waals surface area contributed by atoms with Gasteiger partial charge in [0.1, 0.15) is 0 Å². The minimum absolute atomic E-state index is 0.217. The van der Waals surface area contributed by atoms with Crippen molar-refractivity contribution >= 4 is 5.69 Å². The van der Waals surface area contributed by atoms with Crippen molar-refractivity contribution in [1.82, 2.24) is 4.90 Å². The van der Waals surface area contributed by atoms with Gasteiger partial charge in [-0.2, -0.15) is 0 Å². The Morgan fingerprint density at radius 3 is 2.65 bits per heavy atom. The molecule has 1 saturated heterocycles. The van der Waals surface area contributed by atoms with Gasteiger partial charge in [0.25, 0.3) is 0 Å². The summed E-state index contributed by atoms with van der Waals surface area (Å²) in [5.74, 6) is 0. The number of para-hydroxylation sites is 1. The van der Waals surface area contributed by atoms with Gasteiger partial charge in [0.2, 0.25) is 0 Å². The number of fused-ring (bicyclic) bond motifs is 1. The summed E-state index contributed by atoms with van der Waals surface area (Å²) in [6.07, 6.45) is 6.37. The third-order valence-electron chi connectivity index (χ3n) is 4.72. The molecule has 1 unspecified atom stereocenters. The number of likely N-dealkylation sites (tertiary alicyclic amines) is 1. The van der Waals surface area contributed by atoms with Gasteiger partial charge in [-0.05, 0) is 63.4 Å². The highest BCUT2D eigenvalue weighted by molar-refractivity contribution is 5.55. The van der Waals surface area contributed by atoms with Gasteiger partial charge >= 0.3 is 0 Å². The first kappa shape index (κ1) is 13.9. The van der Waals surface area contributed by atoms with Gasteiger partial charge in [-0.1, -0.05) is 18.2 Å². The van der Waals surface area contributed by atoms with E-state index < -0.39 is 0 Å². The number of hydrogen-bond donors (Lipinski definition) is 1. The smallest absolute Gasteiger partial charge is 0.0414 e. The van der Waals surface area contributed by atoms with Gasteiger partial charge in [-0.25, -0.2) is 0 Å². The molecule has 0 bridgehead atoms. The SMILES string of the molecule is NC1CCCN(CCCN2CCCC2)c2ccccc21. The highest BCUT2D eigenvalue weighted by Crippen LogP contribution is 2.31. The number of nitrogens with two attached hydrogens (primary N) is 1. The van der Waals surface area contributed by atoms with Crippen LogP contribution in [0, 0.1) is 0 Å². The van der Waals surface area contributed by atoms with Gasteiger partial charge < -0.3 is 15.5 Å². The van der Waals surface area contributed by atoms with Crippen LogP contribution in [0.2, 0.25) is 0 Å². The molecule has 2 aliphatic heterocycles. The molecule has 1 fully saturated rings. The maximum absolute atomic E-state index is 6.30. The lowest BCUT2D eigenvalue weighted by Gasteiger charge is -2.26. The molecule has 3 nitrogen and oxygen atoms in total. The van der Waals surface area contributed by atoms with Crippen LogP contribution in [0.25, 0.3) is 0 Å². The van der Waals surface area contributed by atoms with E-state index in [1.165, 1.54) is 63.1 Å². The average molecular weight is 273 g/mol. The fourth-order valence-corrected chi connectivity index (χ4v) is 3.59. The fraction of sp³-hybridized carbons (Fsp3) is 0.647. The number of hydrogen-bond acceptors (Lipinski definition) is 3. The topological polar surface area (TPSA) is 32.5 Å². The van der Waals surface area contributed by atoms with Crippen LogP contribution in [0.4, 0.5) is 5.69 Å². The van der Waals surface area contributed by atoms with E-state index in [4.69, 9.17) is 5.73 Å². The van der Waals surface area contributed by atoms with Crippen LogP contribution in [0.1, 0.15) is 43.7 Å². The molecule has 3 rings (SSSR count). The van der Waals surface area contributed by atoms with Gasteiger partial charge in [-0.3, -0.25) is 0 Å². The number of anilines is 1. The Labute approximate surface area is 122 Å². The van der Waals surface area contributed by atoms with Crippen LogP contribution >= 0.6 is 0 Å². The maximum atomic E-state index is 6.30. The lowest BCUT2D eigenvalue weighted by Crippen LogP contribution is -2.29. The Hall–Kier alpha value is -1.06. The zero-order valence-corrected chi connectivity index (χ0v) is 12.4. The summed E-state index contributed by atoms with van der Waals surface area (Å²) in [6, 6.07) is 8.93. The van der Waals surface area contributed by atoms with Gasteiger partial charge in [0, 0.05) is 24.8 Å². The first-order chi connectivity index (χ1) is 9.84. The van der Waals surface area contributed by atoms with Crippen molar-refractivity contribution in [2.75, 3.05) is 37.6 Å². The standard InChI is InChI=1S/C17H27N3/c18-16-8-5-13-20(17-9-2-1-7-15(16)17)14-6-12-19-10-3-4-11-19/h1-2,7,9,16H,3-6,8,10-14,18H2. The summed E-state index contributed by atoms with van der Waals surface area (Å²) < 4.78 is 0. The van der Waals surface area contributed by atoms with Crippen molar-refractivity contribution in [3.05, 3.63) is 29.8 Å². The Morgan fingerprint density at radius 1 is 1.00 bits per heavy atom. The van der Waals surface area contributed by atoms with E-state index in [9.17, 15) is 0 Å². The Kier molecular flexibility index (Phi) is 4.58. The molecule has 2 aliphatic rings. The molecule has 20 heavy (non-hydrogen) atoms. The Bertz CT molecular complexity index is 426. The Morgan fingerprint density at radius 2 is 1.80 bits per heavy atom. The predicted octanol–water partition coefficient (Wildman–Crippen LogP) is 2.77. The molecule has 2 heterocycles. The van der Waals surface area contributed by atoms with Gasteiger partial charge in [-0.15, -0.1) is 0 Å². The largest absolute Gasteiger partial charge is 0.371 e. The van der Waals surface area contributed by atoms with Gasteiger partial charge in [0.15, 0.2) is 0 Å². The molecule has 0 saturated carbocycles. The predicted molar refractivity (Wildman–Crippen MR) is 85.1 cm³/mol. The van der Waals surface area contributed by atoms with Crippen molar-refractivity contribution in [3.63, 3.8) is 0 Å². The molecule has 1 aromatic carbocycles. The first-order valence-electron chi connectivity index (χ1n) is 8.16. The van der Waals surface area contributed by atoms with E-state index in [0.717, 1.165) is 13.0 Å². The van der Waals surface area contributed by atoms with Crippen molar-refractivity contribution in [3.8, 4) is 0 Å². The van der Waals surface area contributed by atoms with Crippen LogP contribution in [-0.4, -0.2) is 37.6 Å². The second-order valence-corrected chi connectivity index (χ2v) is 6.20. The first-order valence-corrected chi connectivity index (χ1v) is 8.16. The molecule has 1 atom stereocenters. The second kappa shape index (κ2) is 6.59. The molecule has 0 aromatic heterocycles. The van der Waals surface area contributed by atoms with Crippen molar-refractivity contribution in [1.29, 1.82) is 0 Å². The average Bonchev–Trinajstić information content (AvgIpc) is 2.93. The van der Waals surface area contributed by atoms with Crippen LogP contribution in [0.15, 0.2) is 24.3 Å². The van der Waals surface area contributed by atoms with E-state index in [2.05, 4.69) is 34.1 Å². The van der Waals surface area contributed by atoms with Crippen molar-refractivity contribution < 1.29 is 0 Å². The monoisotopic (exact) mass is 273 g/mol. The van der Waals surface area contributed by atoms with Crippen LogP contribution in [-0.2, 0) is 0 Å². The van der Waals surface area contributed by atoms with Gasteiger partial charge in [0.05, 0.1) is 0 Å². The molecule has 3 heteroatoms. The van der Waals surface area contributed by atoms with Crippen molar-refractivity contribution in [2.24, 2.45) is 5.73 Å². The quantitative estimate of drug-likeness (QED) is 0.915. The van der Waals surface area contributed by atoms with E-state index in [-0.39, 0.29) is 6.04 Å². The van der Waals surface area contributed by atoms with E-state index in [1.54, 1.807) is 0 Å². The zero-order chi connectivity index (χ0) is 13.8. The molecular weight excluding hydrogens is 246 g/mol. The fourth-order valence-electron chi connectivity index (χ4n) is 3.59. The van der Waals surface area contributed by atoms with Crippen molar-refractivity contribution in [2.45, 2.75) is 38.1 Å². The summed E-state index contributed by atoms with van der Waals surface area (Å²) in [5, 5.41) is 0. The normalized spacial score (nSPS) is 23.6. The summed E-state index contributed by atoms with van der Waals surface area (Å²) in [7, 11) is 0. The van der Waals surface area contributed by atoms with E-state index in [1.807, 2.05) is 0 Å². The summed E-state index contributed by atoms with van der Waals surface area (Å²) >= 11 is 0. The summed E-state index contributed by atoms with van der Waals surface area (Å²) in [6.45, 7) is 6.19. The molecule has 0 aliphatic carbocycles. The third-order valence-corrected chi connectivity index (χ3v) is 4.72. The van der Waals surface area contributed by atoms with E-state index >= 15 is 0 Å². The van der Waals surface area contributed by atoms with E-state index in [0.29, 0.717) is 0 Å². The minimum Gasteiger partial charge on any atom is -0.371 e. The lowest BCUT2D eigenvalue weighted by molar-refractivity contribution is 0.334. The molecular formula is C17H27N3. The highest BCUT2D eigenvalue weighted by Gasteiger charge is 2.20. The highest BCUT2D eigenvalue weighted by atomic mass is 15.2. The van der Waals surface area contributed by atoms with Crippen LogP contribution in [0.5, 0.6) is 0 Å². The molecule has 0 amide bonds. The number of nitrogens with zero attached hydrogens (tertiary/aromatic N) is 2. The molecule has 2 N–H and O–H groups in total. The Balaban J connectivity index is 1.61. The molecule has 1 aromatic rings. The lowest BCUT2D eigenvalue weighted by atomic mass is 10.0. The second-order valence-electron chi connectivity index (χ2n) is 6.20. The summed E-state index contributed by atoms with van der Waals surface area (Å²) in [5.41, 5.74) is 9.01. The number of rotatable bonds is 4. The summed E-state index contributed by atoms with van der Waals surface area (Å²) in [4.78, 5) is 5.16. The number of benzene rings is 1. The zero-order valence-electron chi connectivity index (χ0n) is 12.4. The maximum Gasteiger partial charge on any atom is 0.0414 e. The molecule has 0 spiro atoms. The van der Waals surface area contributed by atoms with Crippen LogP contribution < -0.4 is 10.6 Å².